The van der Waals surface area contributed by atoms with Gasteiger partial charge in [-0.15, -0.1) is 0 Å². The highest BCUT2D eigenvalue weighted by Gasteiger charge is 2.36. The van der Waals surface area contributed by atoms with Gasteiger partial charge >= 0.3 is 0 Å². The number of nitrogens with one attached hydrogen (secondary N) is 1. The SMILES string of the molecule is COc1cc(/C=C2\SC(=O)N(CC(=O)c3ccc(Br)cc3)C2=O)ccc1OCC(=O)Nc1ccccc1C. The molecule has 1 fully saturated rings. The molecule has 1 aliphatic rings. The highest BCUT2D eigenvalue weighted by atomic mass is 79.9. The van der Waals surface area contributed by atoms with Crippen LogP contribution in [0.2, 0.25) is 0 Å². The Labute approximate surface area is 232 Å². The fourth-order valence-electron chi connectivity index (χ4n) is 3.59. The Hall–Kier alpha value is -3.89. The van der Waals surface area contributed by atoms with E-state index in [1.165, 1.54) is 7.11 Å². The molecule has 194 valence electrons. The Morgan fingerprint density at radius 3 is 2.47 bits per heavy atom. The monoisotopic (exact) mass is 594 g/mol. The van der Waals surface area contributed by atoms with Gasteiger partial charge in [-0.05, 0) is 66.2 Å². The lowest BCUT2D eigenvalue weighted by molar-refractivity contribution is -0.122. The highest BCUT2D eigenvalue weighted by molar-refractivity contribution is 9.10. The normalized spacial score (nSPS) is 14.1. The number of halogens is 1. The van der Waals surface area contributed by atoms with Gasteiger partial charge in [0.1, 0.15) is 0 Å². The van der Waals surface area contributed by atoms with Gasteiger partial charge in [0.25, 0.3) is 17.1 Å². The first-order valence-electron chi connectivity index (χ1n) is 11.5. The first kappa shape index (κ1) is 27.2. The standard InChI is InChI=1S/C28H23BrN2O6S/c1-17-5-3-4-6-21(17)30-26(33)16-37-23-12-7-18(13-24(23)36-2)14-25-27(34)31(28(35)38-25)15-22(32)19-8-10-20(29)11-9-19/h3-14H,15-16H2,1-2H3,(H,30,33)/b25-14-. The predicted octanol–water partition coefficient (Wildman–Crippen LogP) is 5.70. The number of Topliss-reactive ketones (excluding diaryl/α,β-unsaturated/α-hetero) is 1. The van der Waals surface area contributed by atoms with Gasteiger partial charge in [0.2, 0.25) is 0 Å². The van der Waals surface area contributed by atoms with Gasteiger partial charge in [-0.2, -0.15) is 0 Å². The van der Waals surface area contributed by atoms with Crippen molar-refractivity contribution in [1.29, 1.82) is 0 Å². The number of carbonyl (C=O) groups excluding carboxylic acids is 4. The molecule has 3 aromatic rings. The molecule has 0 bridgehead atoms. The molecule has 4 rings (SSSR count). The van der Waals surface area contributed by atoms with Crippen molar-refractivity contribution in [2.75, 3.05) is 25.6 Å². The molecule has 0 spiro atoms. The van der Waals surface area contributed by atoms with E-state index in [2.05, 4.69) is 21.2 Å². The van der Waals surface area contributed by atoms with Gasteiger partial charge in [-0.1, -0.05) is 52.3 Å². The Morgan fingerprint density at radius 2 is 1.76 bits per heavy atom. The molecule has 1 saturated heterocycles. The van der Waals surface area contributed by atoms with Crippen molar-refractivity contribution in [2.45, 2.75) is 6.92 Å². The van der Waals surface area contributed by atoms with E-state index in [4.69, 9.17) is 9.47 Å². The third kappa shape index (κ3) is 6.51. The molecule has 10 heteroatoms. The molecule has 0 saturated carbocycles. The van der Waals surface area contributed by atoms with E-state index in [-0.39, 0.29) is 29.7 Å². The summed E-state index contributed by atoms with van der Waals surface area (Å²) in [6, 6.07) is 19.1. The van der Waals surface area contributed by atoms with Crippen molar-refractivity contribution in [1.82, 2.24) is 4.90 Å². The molecule has 0 aliphatic carbocycles. The second kappa shape index (κ2) is 12.1. The first-order valence-corrected chi connectivity index (χ1v) is 13.1. The minimum Gasteiger partial charge on any atom is -0.493 e. The van der Waals surface area contributed by atoms with Crippen LogP contribution in [0.4, 0.5) is 10.5 Å². The van der Waals surface area contributed by atoms with Gasteiger partial charge in [-0.25, -0.2) is 0 Å². The number of imide groups is 1. The Kier molecular flexibility index (Phi) is 8.65. The summed E-state index contributed by atoms with van der Waals surface area (Å²) in [7, 11) is 1.46. The number of methoxy groups -OCH3 is 1. The second-order valence-corrected chi connectivity index (χ2v) is 10.2. The maximum absolute atomic E-state index is 12.9. The average Bonchev–Trinajstić information content (AvgIpc) is 3.16. The van der Waals surface area contributed by atoms with Crippen LogP contribution in [0, 0.1) is 6.92 Å². The molecular formula is C28H23BrN2O6S. The van der Waals surface area contributed by atoms with E-state index in [0.717, 1.165) is 26.7 Å². The van der Waals surface area contributed by atoms with Crippen LogP contribution in [-0.2, 0) is 9.59 Å². The van der Waals surface area contributed by atoms with Gasteiger partial charge in [0.15, 0.2) is 23.9 Å². The van der Waals surface area contributed by atoms with E-state index < -0.39 is 11.1 Å². The van der Waals surface area contributed by atoms with Crippen LogP contribution in [0.3, 0.4) is 0 Å². The molecule has 3 amide bonds. The van der Waals surface area contributed by atoms with Crippen molar-refractivity contribution in [2.24, 2.45) is 0 Å². The molecule has 0 radical (unpaired) electrons. The summed E-state index contributed by atoms with van der Waals surface area (Å²) in [6.45, 7) is 1.33. The number of hydrogen-bond donors (Lipinski definition) is 1. The number of nitrogens with zero attached hydrogens (tertiary/aromatic N) is 1. The first-order chi connectivity index (χ1) is 18.2. The summed E-state index contributed by atoms with van der Waals surface area (Å²) in [6.07, 6.45) is 1.55. The lowest BCUT2D eigenvalue weighted by Crippen LogP contribution is -2.33. The second-order valence-electron chi connectivity index (χ2n) is 8.26. The van der Waals surface area contributed by atoms with E-state index in [1.807, 2.05) is 25.1 Å². The van der Waals surface area contributed by atoms with Crippen molar-refractivity contribution in [3.05, 3.63) is 92.8 Å². The van der Waals surface area contributed by atoms with Crippen LogP contribution >= 0.6 is 27.7 Å². The minimum atomic E-state index is -0.544. The van der Waals surface area contributed by atoms with Crippen molar-refractivity contribution in [3.63, 3.8) is 0 Å². The van der Waals surface area contributed by atoms with Crippen molar-refractivity contribution in [3.8, 4) is 11.5 Å². The quantitative estimate of drug-likeness (QED) is 0.250. The largest absolute Gasteiger partial charge is 0.493 e. The number of rotatable bonds is 9. The number of para-hydroxylation sites is 1. The molecule has 0 aromatic heterocycles. The molecule has 1 aliphatic heterocycles. The number of ketones is 1. The molecule has 1 heterocycles. The Balaban J connectivity index is 1.41. The maximum Gasteiger partial charge on any atom is 0.293 e. The van der Waals surface area contributed by atoms with Crippen LogP contribution in [0.1, 0.15) is 21.5 Å². The summed E-state index contributed by atoms with van der Waals surface area (Å²) in [4.78, 5) is 51.4. The minimum absolute atomic E-state index is 0.187. The maximum atomic E-state index is 12.9. The van der Waals surface area contributed by atoms with Crippen molar-refractivity contribution < 1.29 is 28.7 Å². The number of hydrogen-bond acceptors (Lipinski definition) is 7. The summed E-state index contributed by atoms with van der Waals surface area (Å²) in [5, 5.41) is 2.28. The van der Waals surface area contributed by atoms with Gasteiger partial charge in [0, 0.05) is 15.7 Å². The third-order valence-corrected chi connectivity index (χ3v) is 7.04. The molecular weight excluding hydrogens is 572 g/mol. The van der Waals surface area contributed by atoms with Crippen LogP contribution < -0.4 is 14.8 Å². The van der Waals surface area contributed by atoms with Crippen LogP contribution in [0.15, 0.2) is 76.1 Å². The van der Waals surface area contributed by atoms with E-state index in [0.29, 0.717) is 28.3 Å². The fraction of sp³-hybridized carbons (Fsp3) is 0.143. The number of amides is 3. The topological polar surface area (TPSA) is 102 Å². The Morgan fingerprint density at radius 1 is 1.03 bits per heavy atom. The molecule has 3 aromatic carbocycles. The number of aryl methyl sites for hydroxylation is 1. The van der Waals surface area contributed by atoms with Gasteiger partial charge in [0.05, 0.1) is 18.6 Å². The highest BCUT2D eigenvalue weighted by Crippen LogP contribution is 2.34. The summed E-state index contributed by atoms with van der Waals surface area (Å²) in [5.74, 6) is -0.505. The van der Waals surface area contributed by atoms with E-state index >= 15 is 0 Å². The number of carbonyl (C=O) groups is 4. The third-order valence-electron chi connectivity index (χ3n) is 5.60. The van der Waals surface area contributed by atoms with Gasteiger partial charge in [-0.3, -0.25) is 24.1 Å². The molecule has 38 heavy (non-hydrogen) atoms. The van der Waals surface area contributed by atoms with Crippen LogP contribution in [0.5, 0.6) is 11.5 Å². The van der Waals surface area contributed by atoms with Crippen LogP contribution in [-0.4, -0.2) is 48.0 Å². The number of benzene rings is 3. The molecule has 0 atom stereocenters. The lowest BCUT2D eigenvalue weighted by Gasteiger charge is -2.12. The van der Waals surface area contributed by atoms with Crippen LogP contribution in [0.25, 0.3) is 6.08 Å². The Bertz CT molecular complexity index is 1440. The predicted molar refractivity (Wildman–Crippen MR) is 149 cm³/mol. The lowest BCUT2D eigenvalue weighted by atomic mass is 10.1. The number of thioether (sulfide) groups is 1. The zero-order valence-electron chi connectivity index (χ0n) is 20.5. The smallest absolute Gasteiger partial charge is 0.293 e. The zero-order chi connectivity index (χ0) is 27.2. The number of ether oxygens (including phenoxy) is 2. The molecule has 1 N–H and O–H groups in total. The van der Waals surface area contributed by atoms with Gasteiger partial charge < -0.3 is 14.8 Å². The summed E-state index contributed by atoms with van der Waals surface area (Å²) < 4.78 is 11.9. The van der Waals surface area contributed by atoms with Crippen molar-refractivity contribution >= 4 is 62.3 Å². The summed E-state index contributed by atoms with van der Waals surface area (Å²) >= 11 is 4.07. The number of anilines is 1. The molecule has 0 unspecified atom stereocenters. The van der Waals surface area contributed by atoms with E-state index in [9.17, 15) is 19.2 Å². The van der Waals surface area contributed by atoms with E-state index in [1.54, 1.807) is 54.6 Å². The molecule has 8 nitrogen and oxygen atoms in total. The fourth-order valence-corrected chi connectivity index (χ4v) is 4.70. The zero-order valence-corrected chi connectivity index (χ0v) is 22.9. The summed E-state index contributed by atoms with van der Waals surface area (Å²) in [5.41, 5.74) is 2.63. The average molecular weight is 595 g/mol.